The molecule has 4 aliphatic rings. The van der Waals surface area contributed by atoms with Crippen LogP contribution >= 0.6 is 0 Å². The van der Waals surface area contributed by atoms with Crippen LogP contribution in [0.15, 0.2) is 24.3 Å². The zero-order chi connectivity index (χ0) is 21.3. The van der Waals surface area contributed by atoms with E-state index in [1.807, 2.05) is 0 Å². The summed E-state index contributed by atoms with van der Waals surface area (Å²) in [6.45, 7) is -0.0504. The van der Waals surface area contributed by atoms with Gasteiger partial charge in [-0.05, 0) is 80.5 Å². The molecule has 0 aromatic heterocycles. The molecule has 7 nitrogen and oxygen atoms in total. The highest BCUT2D eigenvalue weighted by molar-refractivity contribution is 5.95. The van der Waals surface area contributed by atoms with Crippen molar-refractivity contribution in [3.8, 4) is 5.75 Å². The molecule has 0 radical (unpaired) electrons. The second-order valence-corrected chi connectivity index (χ2v) is 9.53. The molecule has 5 rings (SSSR count). The van der Waals surface area contributed by atoms with Crippen molar-refractivity contribution < 1.29 is 19.1 Å². The first-order chi connectivity index (χ1) is 14.3. The Labute approximate surface area is 177 Å². The lowest BCUT2D eigenvalue weighted by molar-refractivity contribution is -0.146. The first kappa shape index (κ1) is 20.7. The highest BCUT2D eigenvalue weighted by atomic mass is 16.5. The lowest BCUT2D eigenvalue weighted by Crippen LogP contribution is -2.54. The third-order valence-corrected chi connectivity index (χ3v) is 6.93. The molecule has 0 atom stereocenters. The number of nitrogens with zero attached hydrogens (tertiary/aromatic N) is 1. The van der Waals surface area contributed by atoms with Crippen LogP contribution in [-0.2, 0) is 14.4 Å². The second kappa shape index (κ2) is 8.28. The predicted molar refractivity (Wildman–Crippen MR) is 113 cm³/mol. The van der Waals surface area contributed by atoms with E-state index in [1.54, 1.807) is 38.4 Å². The van der Waals surface area contributed by atoms with Gasteiger partial charge in [0.25, 0.3) is 5.91 Å². The fraction of sp³-hybridized carbons (Fsp3) is 0.609. The molecule has 4 aliphatic carbocycles. The van der Waals surface area contributed by atoms with Crippen molar-refractivity contribution in [2.45, 2.75) is 38.5 Å². The number of benzene rings is 1. The van der Waals surface area contributed by atoms with E-state index in [2.05, 4.69) is 10.6 Å². The van der Waals surface area contributed by atoms with Crippen LogP contribution in [0.5, 0.6) is 5.75 Å². The Morgan fingerprint density at radius 2 is 1.57 bits per heavy atom. The van der Waals surface area contributed by atoms with E-state index >= 15 is 0 Å². The largest absolute Gasteiger partial charge is 0.484 e. The minimum Gasteiger partial charge on any atom is -0.484 e. The molecule has 0 heterocycles. The van der Waals surface area contributed by atoms with Crippen molar-refractivity contribution in [1.82, 2.24) is 10.2 Å². The van der Waals surface area contributed by atoms with E-state index in [4.69, 9.17) is 4.74 Å². The summed E-state index contributed by atoms with van der Waals surface area (Å²) in [5, 5.41) is 5.69. The van der Waals surface area contributed by atoms with E-state index in [9.17, 15) is 14.4 Å². The number of hydrogen-bond acceptors (Lipinski definition) is 4. The third-order valence-electron chi connectivity index (χ3n) is 6.93. The first-order valence-corrected chi connectivity index (χ1v) is 10.8. The molecule has 3 amide bonds. The lowest BCUT2D eigenvalue weighted by atomic mass is 9.49. The Bertz CT molecular complexity index is 783. The maximum Gasteiger partial charge on any atom is 0.259 e. The molecule has 162 valence electrons. The van der Waals surface area contributed by atoms with Gasteiger partial charge in [-0.3, -0.25) is 14.4 Å². The lowest BCUT2D eigenvalue weighted by Gasteiger charge is -2.55. The Morgan fingerprint density at radius 1 is 1.00 bits per heavy atom. The Kier molecular flexibility index (Phi) is 5.71. The number of amides is 3. The summed E-state index contributed by atoms with van der Waals surface area (Å²) in [5.41, 5.74) is 0.383. The van der Waals surface area contributed by atoms with Crippen LogP contribution in [0.1, 0.15) is 38.5 Å². The summed E-state index contributed by atoms with van der Waals surface area (Å²) in [6.07, 6.45) is 6.83. The molecule has 4 saturated carbocycles. The van der Waals surface area contributed by atoms with Crippen molar-refractivity contribution in [2.24, 2.45) is 23.2 Å². The average molecular weight is 414 g/mol. The number of anilines is 1. The van der Waals surface area contributed by atoms with Crippen LogP contribution in [0.3, 0.4) is 0 Å². The Balaban J connectivity index is 1.24. The van der Waals surface area contributed by atoms with Crippen LogP contribution in [-0.4, -0.2) is 49.9 Å². The minimum atomic E-state index is -0.246. The van der Waals surface area contributed by atoms with Crippen molar-refractivity contribution in [3.63, 3.8) is 0 Å². The van der Waals surface area contributed by atoms with Crippen molar-refractivity contribution >= 4 is 23.4 Å². The Morgan fingerprint density at radius 3 is 2.10 bits per heavy atom. The van der Waals surface area contributed by atoms with Gasteiger partial charge in [0.05, 0.1) is 6.54 Å². The van der Waals surface area contributed by atoms with Gasteiger partial charge in [-0.25, -0.2) is 0 Å². The molecule has 0 saturated heterocycles. The van der Waals surface area contributed by atoms with Crippen molar-refractivity contribution in [1.29, 1.82) is 0 Å². The number of hydrogen-bond donors (Lipinski definition) is 2. The van der Waals surface area contributed by atoms with Gasteiger partial charge in [0.2, 0.25) is 11.8 Å². The number of carbonyl (C=O) groups excluding carboxylic acids is 3. The van der Waals surface area contributed by atoms with Gasteiger partial charge in [-0.15, -0.1) is 0 Å². The van der Waals surface area contributed by atoms with Crippen molar-refractivity contribution in [3.05, 3.63) is 24.3 Å². The predicted octanol–water partition coefficient (Wildman–Crippen LogP) is 2.42. The van der Waals surface area contributed by atoms with Gasteiger partial charge in [0.15, 0.2) is 6.61 Å². The van der Waals surface area contributed by atoms with Gasteiger partial charge < -0.3 is 20.3 Å². The highest BCUT2D eigenvalue weighted by Crippen LogP contribution is 2.60. The number of ether oxygens (including phenoxy) is 1. The van der Waals surface area contributed by atoms with E-state index in [0.29, 0.717) is 29.2 Å². The molecule has 4 bridgehead atoms. The summed E-state index contributed by atoms with van der Waals surface area (Å²) in [7, 11) is 3.35. The van der Waals surface area contributed by atoms with Crippen LogP contribution in [0.4, 0.5) is 5.69 Å². The summed E-state index contributed by atoms with van der Waals surface area (Å²) < 4.78 is 5.42. The summed E-state index contributed by atoms with van der Waals surface area (Å²) in [5.74, 6) is 2.34. The van der Waals surface area contributed by atoms with Gasteiger partial charge in [-0.1, -0.05) is 0 Å². The van der Waals surface area contributed by atoms with Crippen molar-refractivity contribution in [2.75, 3.05) is 32.6 Å². The fourth-order valence-electron chi connectivity index (χ4n) is 5.85. The maximum atomic E-state index is 12.9. The monoisotopic (exact) mass is 413 g/mol. The van der Waals surface area contributed by atoms with Crippen LogP contribution in [0.25, 0.3) is 0 Å². The third kappa shape index (κ3) is 4.45. The van der Waals surface area contributed by atoms with E-state index < -0.39 is 0 Å². The summed E-state index contributed by atoms with van der Waals surface area (Å²) >= 11 is 0. The molecular formula is C23H31N3O4. The van der Waals surface area contributed by atoms with E-state index in [0.717, 1.165) is 19.3 Å². The SMILES string of the molecule is CN(C)C(=O)COc1ccc(NC(=O)CNC(=O)C23CC4CC(CC(C4)C2)C3)cc1. The van der Waals surface area contributed by atoms with Gasteiger partial charge in [0, 0.05) is 25.2 Å². The fourth-order valence-corrected chi connectivity index (χ4v) is 5.85. The molecule has 1 aromatic rings. The number of likely N-dealkylation sites (N-methyl/N-ethyl adjacent to an activating group) is 1. The molecule has 7 heteroatoms. The van der Waals surface area contributed by atoms with Gasteiger partial charge in [-0.2, -0.15) is 0 Å². The Hall–Kier alpha value is -2.57. The maximum absolute atomic E-state index is 12.9. The molecule has 2 N–H and O–H groups in total. The molecule has 4 fully saturated rings. The molecule has 1 aromatic carbocycles. The van der Waals surface area contributed by atoms with Crippen LogP contribution in [0, 0.1) is 23.2 Å². The minimum absolute atomic E-state index is 0.0177. The van der Waals surface area contributed by atoms with Gasteiger partial charge in [0.1, 0.15) is 5.75 Å². The quantitative estimate of drug-likeness (QED) is 0.719. The molecule has 0 unspecified atom stereocenters. The van der Waals surface area contributed by atoms with E-state index in [1.165, 1.54) is 24.2 Å². The molecule has 0 aliphatic heterocycles. The van der Waals surface area contributed by atoms with Crippen LogP contribution in [0.2, 0.25) is 0 Å². The van der Waals surface area contributed by atoms with E-state index in [-0.39, 0.29) is 36.3 Å². The standard InChI is InChI=1S/C23H31N3O4/c1-26(2)21(28)14-30-19-5-3-18(4-6-19)25-20(27)13-24-22(29)23-10-15-7-16(11-23)9-17(8-15)12-23/h3-6,15-17H,7-14H2,1-2H3,(H,24,29)(H,25,27). The molecular weight excluding hydrogens is 382 g/mol. The number of carbonyl (C=O) groups is 3. The zero-order valence-electron chi connectivity index (χ0n) is 17.8. The number of nitrogens with one attached hydrogen (secondary N) is 2. The average Bonchev–Trinajstić information content (AvgIpc) is 2.70. The molecule has 30 heavy (non-hydrogen) atoms. The number of rotatable bonds is 7. The molecule has 0 spiro atoms. The topological polar surface area (TPSA) is 87.7 Å². The highest BCUT2D eigenvalue weighted by Gasteiger charge is 2.54. The second-order valence-electron chi connectivity index (χ2n) is 9.53. The summed E-state index contributed by atoms with van der Waals surface area (Å²) in [6, 6.07) is 6.84. The first-order valence-electron chi connectivity index (χ1n) is 10.8. The smallest absolute Gasteiger partial charge is 0.259 e. The zero-order valence-corrected chi connectivity index (χ0v) is 17.8. The normalized spacial score (nSPS) is 28.7. The van der Waals surface area contributed by atoms with Gasteiger partial charge >= 0.3 is 0 Å². The summed E-state index contributed by atoms with van der Waals surface area (Å²) in [4.78, 5) is 38.3. The van der Waals surface area contributed by atoms with Crippen LogP contribution < -0.4 is 15.4 Å².